The smallest absolute Gasteiger partial charge is 0.338 e. The Morgan fingerprint density at radius 2 is 1.66 bits per heavy atom. The number of sulfone groups is 1. The van der Waals surface area contributed by atoms with E-state index in [1.165, 1.54) is 43.5 Å². The fraction of sp³-hybridized carbons (Fsp3) is 0.304. The van der Waals surface area contributed by atoms with Crippen molar-refractivity contribution < 1.29 is 27.9 Å². The van der Waals surface area contributed by atoms with Crippen LogP contribution >= 0.6 is 0 Å². The number of phenolic OH excluding ortho intramolecular Hbond substituents is 1. The largest absolute Gasteiger partial charge is 0.508 e. The summed E-state index contributed by atoms with van der Waals surface area (Å²) in [6.45, 7) is 6.08. The summed E-state index contributed by atoms with van der Waals surface area (Å²) in [6.07, 6.45) is 0. The number of urea groups is 1. The van der Waals surface area contributed by atoms with Crippen LogP contribution in [-0.4, -0.2) is 38.4 Å². The number of hydrogen-bond donors (Lipinski definition) is 3. The van der Waals surface area contributed by atoms with Gasteiger partial charge in [0.2, 0.25) is 0 Å². The molecule has 170 valence electrons. The lowest BCUT2D eigenvalue weighted by Gasteiger charge is -2.29. The van der Waals surface area contributed by atoms with E-state index >= 15 is 0 Å². The summed E-state index contributed by atoms with van der Waals surface area (Å²) >= 11 is 0. The Balaban J connectivity index is 2.04. The van der Waals surface area contributed by atoms with Crippen molar-refractivity contribution in [2.24, 2.45) is 0 Å². The van der Waals surface area contributed by atoms with Crippen molar-refractivity contribution in [1.29, 1.82) is 0 Å². The van der Waals surface area contributed by atoms with Gasteiger partial charge in [0.15, 0.2) is 9.84 Å². The predicted octanol–water partition coefficient (Wildman–Crippen LogP) is 2.94. The third-order valence-electron chi connectivity index (χ3n) is 5.20. The number of esters is 1. The quantitative estimate of drug-likeness (QED) is 0.592. The number of aromatic hydroxyl groups is 1. The number of ether oxygens (including phenoxy) is 1. The topological polar surface area (TPSA) is 122 Å². The normalized spacial score (nSPS) is 16.9. The molecule has 1 aliphatic rings. The van der Waals surface area contributed by atoms with Gasteiger partial charge in [-0.05, 0) is 40.8 Å². The predicted molar refractivity (Wildman–Crippen MR) is 119 cm³/mol. The second-order valence-electron chi connectivity index (χ2n) is 8.54. The van der Waals surface area contributed by atoms with Gasteiger partial charge in [-0.25, -0.2) is 18.0 Å². The Morgan fingerprint density at radius 3 is 2.19 bits per heavy atom. The molecule has 2 aromatic carbocycles. The Kier molecular flexibility index (Phi) is 6.32. The average molecular weight is 459 g/mol. The van der Waals surface area contributed by atoms with E-state index in [9.17, 15) is 23.1 Å². The first-order valence-corrected chi connectivity index (χ1v) is 11.6. The molecule has 9 heteroatoms. The van der Waals surface area contributed by atoms with E-state index in [0.29, 0.717) is 5.56 Å². The van der Waals surface area contributed by atoms with Crippen LogP contribution in [0.15, 0.2) is 64.7 Å². The van der Waals surface area contributed by atoms with Crippen molar-refractivity contribution in [3.05, 3.63) is 70.9 Å². The molecule has 1 unspecified atom stereocenters. The molecule has 32 heavy (non-hydrogen) atoms. The van der Waals surface area contributed by atoms with Crippen LogP contribution in [0, 0.1) is 0 Å². The van der Waals surface area contributed by atoms with Crippen LogP contribution in [0.25, 0.3) is 0 Å². The van der Waals surface area contributed by atoms with Crippen molar-refractivity contribution in [1.82, 2.24) is 10.6 Å². The maximum atomic E-state index is 13.1. The van der Waals surface area contributed by atoms with Gasteiger partial charge in [0, 0.05) is 5.70 Å². The average Bonchev–Trinajstić information content (AvgIpc) is 2.72. The molecule has 3 N–H and O–H groups in total. The monoisotopic (exact) mass is 458 g/mol. The molecule has 8 nitrogen and oxygen atoms in total. The van der Waals surface area contributed by atoms with E-state index in [0.717, 1.165) is 5.56 Å². The number of benzene rings is 2. The zero-order chi connectivity index (χ0) is 23.7. The molecule has 2 aromatic rings. The number of methoxy groups -OCH3 is 1. The highest BCUT2D eigenvalue weighted by Crippen LogP contribution is 2.30. The van der Waals surface area contributed by atoms with Gasteiger partial charge in [0.25, 0.3) is 0 Å². The van der Waals surface area contributed by atoms with Gasteiger partial charge >= 0.3 is 12.0 Å². The maximum Gasteiger partial charge on any atom is 0.338 e. The van der Waals surface area contributed by atoms with Gasteiger partial charge in [0.1, 0.15) is 5.75 Å². The van der Waals surface area contributed by atoms with Crippen LogP contribution < -0.4 is 10.6 Å². The van der Waals surface area contributed by atoms with Crippen LogP contribution in [0.1, 0.15) is 37.9 Å². The van der Waals surface area contributed by atoms with Crippen molar-refractivity contribution in [2.75, 3.05) is 12.9 Å². The number of hydrogen-bond acceptors (Lipinski definition) is 6. The van der Waals surface area contributed by atoms with E-state index in [-0.39, 0.29) is 27.3 Å². The zero-order valence-corrected chi connectivity index (χ0v) is 19.1. The molecule has 0 bridgehead atoms. The molecular formula is C23H26N2O6S. The Bertz CT molecular complexity index is 1160. The zero-order valence-electron chi connectivity index (χ0n) is 18.3. The van der Waals surface area contributed by atoms with Gasteiger partial charge in [-0.2, -0.15) is 0 Å². The number of rotatable bonds is 5. The van der Waals surface area contributed by atoms with Gasteiger partial charge in [0.05, 0.1) is 29.4 Å². The van der Waals surface area contributed by atoms with Crippen LogP contribution in [-0.2, 0) is 24.8 Å². The number of phenols is 1. The molecule has 2 amide bonds. The van der Waals surface area contributed by atoms with E-state index in [2.05, 4.69) is 10.6 Å². The molecule has 0 saturated carbocycles. The fourth-order valence-corrected chi connectivity index (χ4v) is 4.76. The molecular weight excluding hydrogens is 432 g/mol. The van der Waals surface area contributed by atoms with Gasteiger partial charge in [-0.1, -0.05) is 45.0 Å². The van der Waals surface area contributed by atoms with E-state index < -0.39 is 33.6 Å². The summed E-state index contributed by atoms with van der Waals surface area (Å²) in [7, 11) is -2.70. The molecule has 1 aliphatic heterocycles. The Morgan fingerprint density at radius 1 is 1.06 bits per heavy atom. The molecule has 3 rings (SSSR count). The minimum absolute atomic E-state index is 0.0131. The number of nitrogens with one attached hydrogen (secondary N) is 2. The standard InChI is InChI=1S/C23H26N2O6S/c1-23(2,3)15-7-11-17(12-8-15)32(29,30)13-18-19(21(27)31-4)20(25-22(28)24-18)14-5-9-16(26)10-6-14/h5-12,20,26H,13H2,1-4H3,(H2,24,25,28). The fourth-order valence-electron chi connectivity index (χ4n) is 3.44. The lowest BCUT2D eigenvalue weighted by Crippen LogP contribution is -2.47. The second-order valence-corrected chi connectivity index (χ2v) is 10.5. The molecule has 1 atom stereocenters. The second kappa shape index (κ2) is 8.66. The minimum Gasteiger partial charge on any atom is -0.508 e. The van der Waals surface area contributed by atoms with E-state index in [1.54, 1.807) is 12.1 Å². The third kappa shape index (κ3) is 4.94. The number of carbonyl (C=O) groups is 2. The molecule has 0 aliphatic carbocycles. The molecule has 1 heterocycles. The maximum absolute atomic E-state index is 13.1. The van der Waals surface area contributed by atoms with Crippen molar-refractivity contribution in [3.8, 4) is 5.75 Å². The highest BCUT2D eigenvalue weighted by Gasteiger charge is 2.35. The molecule has 0 aromatic heterocycles. The third-order valence-corrected chi connectivity index (χ3v) is 6.86. The lowest BCUT2D eigenvalue weighted by molar-refractivity contribution is -0.136. The molecule has 0 fully saturated rings. The summed E-state index contributed by atoms with van der Waals surface area (Å²) in [5.41, 5.74) is 1.26. The summed E-state index contributed by atoms with van der Waals surface area (Å²) in [4.78, 5) is 25.0. The Labute approximate surface area is 187 Å². The van der Waals surface area contributed by atoms with Crippen LogP contribution in [0.5, 0.6) is 5.75 Å². The van der Waals surface area contributed by atoms with Gasteiger partial charge < -0.3 is 20.5 Å². The van der Waals surface area contributed by atoms with Gasteiger partial charge in [-0.3, -0.25) is 0 Å². The van der Waals surface area contributed by atoms with Crippen molar-refractivity contribution in [3.63, 3.8) is 0 Å². The summed E-state index contributed by atoms with van der Waals surface area (Å²) in [5, 5.41) is 14.6. The first-order chi connectivity index (χ1) is 14.9. The SMILES string of the molecule is COC(=O)C1=C(CS(=O)(=O)c2ccc(C(C)(C)C)cc2)NC(=O)NC1c1ccc(O)cc1. The highest BCUT2D eigenvalue weighted by molar-refractivity contribution is 7.91. The van der Waals surface area contributed by atoms with Crippen molar-refractivity contribution in [2.45, 2.75) is 37.1 Å². The minimum atomic E-state index is -3.88. The summed E-state index contributed by atoms with van der Waals surface area (Å²) < 4.78 is 31.1. The summed E-state index contributed by atoms with van der Waals surface area (Å²) in [6, 6.07) is 10.8. The molecule has 0 spiro atoms. The first-order valence-electron chi connectivity index (χ1n) is 9.93. The Hall–Kier alpha value is -3.33. The molecule has 0 saturated heterocycles. The van der Waals surface area contributed by atoms with Crippen LogP contribution in [0.2, 0.25) is 0 Å². The first kappa shape index (κ1) is 23.3. The lowest BCUT2D eigenvalue weighted by atomic mass is 9.87. The molecule has 0 radical (unpaired) electrons. The van der Waals surface area contributed by atoms with Crippen LogP contribution in [0.4, 0.5) is 4.79 Å². The van der Waals surface area contributed by atoms with Crippen LogP contribution in [0.3, 0.4) is 0 Å². The van der Waals surface area contributed by atoms with E-state index in [4.69, 9.17) is 4.74 Å². The number of carbonyl (C=O) groups excluding carboxylic acids is 2. The van der Waals surface area contributed by atoms with Gasteiger partial charge in [-0.15, -0.1) is 0 Å². The summed E-state index contributed by atoms with van der Waals surface area (Å²) in [5.74, 6) is -1.35. The van der Waals surface area contributed by atoms with E-state index in [1.807, 2.05) is 20.8 Å². The number of amides is 2. The van der Waals surface area contributed by atoms with Crippen molar-refractivity contribution >= 4 is 21.8 Å². The highest BCUT2D eigenvalue weighted by atomic mass is 32.2.